The van der Waals surface area contributed by atoms with Gasteiger partial charge in [-0.15, -0.1) is 12.4 Å². The highest BCUT2D eigenvalue weighted by atomic mass is 35.5. The van der Waals surface area contributed by atoms with Crippen molar-refractivity contribution in [3.63, 3.8) is 0 Å². The van der Waals surface area contributed by atoms with Gasteiger partial charge in [-0.3, -0.25) is 4.90 Å². The van der Waals surface area contributed by atoms with Gasteiger partial charge in [0.15, 0.2) is 0 Å². The van der Waals surface area contributed by atoms with Crippen LogP contribution in [0.4, 0.5) is 0 Å². The summed E-state index contributed by atoms with van der Waals surface area (Å²) in [5.41, 5.74) is 5.83. The predicted molar refractivity (Wildman–Crippen MR) is 73.2 cm³/mol. The van der Waals surface area contributed by atoms with E-state index in [1.54, 1.807) is 0 Å². The molecule has 1 aliphatic heterocycles. The molecule has 1 aromatic carbocycles. The molecule has 2 N–H and O–H groups in total. The standard InChI is InChI=1S/C12H17ClN2O.ClH/c13-10-2-1-3-12(8-10)16-7-6-15-5-4-11(14)9-15;/h1-3,8,11H,4-7,9,14H2;1H/t11-;/m1./s1. The maximum Gasteiger partial charge on any atom is 0.120 e. The van der Waals surface area contributed by atoms with Crippen molar-refractivity contribution in [2.75, 3.05) is 26.2 Å². The van der Waals surface area contributed by atoms with Crippen molar-refractivity contribution in [3.05, 3.63) is 29.3 Å². The second-order valence-electron chi connectivity index (χ2n) is 4.16. The highest BCUT2D eigenvalue weighted by Crippen LogP contribution is 2.17. The smallest absolute Gasteiger partial charge is 0.120 e. The highest BCUT2D eigenvalue weighted by molar-refractivity contribution is 6.30. The molecule has 17 heavy (non-hydrogen) atoms. The van der Waals surface area contributed by atoms with Crippen LogP contribution in [0.15, 0.2) is 24.3 Å². The van der Waals surface area contributed by atoms with Crippen LogP contribution in [-0.2, 0) is 0 Å². The predicted octanol–water partition coefficient (Wildman–Crippen LogP) is 2.17. The molecule has 0 amide bonds. The minimum Gasteiger partial charge on any atom is -0.492 e. The van der Waals surface area contributed by atoms with Crippen molar-refractivity contribution in [3.8, 4) is 5.75 Å². The zero-order chi connectivity index (χ0) is 11.4. The molecule has 3 nitrogen and oxygen atoms in total. The SMILES string of the molecule is Cl.N[C@@H]1CCN(CCOc2cccc(Cl)c2)C1. The van der Waals surface area contributed by atoms with Crippen LogP contribution < -0.4 is 10.5 Å². The van der Waals surface area contributed by atoms with E-state index in [9.17, 15) is 0 Å². The van der Waals surface area contributed by atoms with Crippen LogP contribution >= 0.6 is 24.0 Å². The molecule has 1 fully saturated rings. The lowest BCUT2D eigenvalue weighted by molar-refractivity contribution is 0.236. The Morgan fingerprint density at radius 3 is 2.94 bits per heavy atom. The fourth-order valence-electron chi connectivity index (χ4n) is 1.92. The molecule has 2 rings (SSSR count). The van der Waals surface area contributed by atoms with E-state index >= 15 is 0 Å². The van der Waals surface area contributed by atoms with Crippen molar-refractivity contribution >= 4 is 24.0 Å². The van der Waals surface area contributed by atoms with Gasteiger partial charge < -0.3 is 10.5 Å². The third kappa shape index (κ3) is 4.72. The zero-order valence-corrected chi connectivity index (χ0v) is 11.2. The average molecular weight is 277 g/mol. The van der Waals surface area contributed by atoms with E-state index < -0.39 is 0 Å². The number of halogens is 2. The van der Waals surface area contributed by atoms with Gasteiger partial charge in [-0.1, -0.05) is 17.7 Å². The molecule has 1 heterocycles. The minimum atomic E-state index is 0. The fraction of sp³-hybridized carbons (Fsp3) is 0.500. The van der Waals surface area contributed by atoms with Crippen molar-refractivity contribution in [2.24, 2.45) is 5.73 Å². The summed E-state index contributed by atoms with van der Waals surface area (Å²) in [5, 5.41) is 0.709. The molecular weight excluding hydrogens is 259 g/mol. The fourth-order valence-corrected chi connectivity index (χ4v) is 2.10. The number of hydrogen-bond acceptors (Lipinski definition) is 3. The molecule has 0 saturated carbocycles. The summed E-state index contributed by atoms with van der Waals surface area (Å²) < 4.78 is 5.62. The highest BCUT2D eigenvalue weighted by Gasteiger charge is 2.18. The largest absolute Gasteiger partial charge is 0.492 e. The summed E-state index contributed by atoms with van der Waals surface area (Å²) in [6.07, 6.45) is 1.09. The van der Waals surface area contributed by atoms with Crippen LogP contribution in [0.3, 0.4) is 0 Å². The van der Waals surface area contributed by atoms with Gasteiger partial charge in [-0.25, -0.2) is 0 Å². The Morgan fingerprint density at radius 2 is 2.29 bits per heavy atom. The first kappa shape index (κ1) is 14.6. The molecule has 96 valence electrons. The quantitative estimate of drug-likeness (QED) is 0.916. The lowest BCUT2D eigenvalue weighted by Crippen LogP contribution is -2.29. The first-order valence-electron chi connectivity index (χ1n) is 5.60. The Labute approximate surface area is 113 Å². The van der Waals surface area contributed by atoms with Crippen LogP contribution in [0.1, 0.15) is 6.42 Å². The number of likely N-dealkylation sites (tertiary alicyclic amines) is 1. The van der Waals surface area contributed by atoms with Gasteiger partial charge in [0.2, 0.25) is 0 Å². The second kappa shape index (κ2) is 7.07. The van der Waals surface area contributed by atoms with E-state index in [1.165, 1.54) is 0 Å². The number of nitrogens with zero attached hydrogens (tertiary/aromatic N) is 1. The first-order valence-corrected chi connectivity index (χ1v) is 5.98. The van der Waals surface area contributed by atoms with Crippen LogP contribution in [-0.4, -0.2) is 37.2 Å². The Bertz CT molecular complexity index is 349. The van der Waals surface area contributed by atoms with E-state index in [-0.39, 0.29) is 12.4 Å². The lowest BCUT2D eigenvalue weighted by Gasteiger charge is -2.15. The summed E-state index contributed by atoms with van der Waals surface area (Å²) in [6, 6.07) is 7.82. The minimum absolute atomic E-state index is 0. The second-order valence-corrected chi connectivity index (χ2v) is 4.59. The summed E-state index contributed by atoms with van der Waals surface area (Å²) >= 11 is 5.86. The molecule has 1 atom stereocenters. The maximum absolute atomic E-state index is 5.86. The Morgan fingerprint density at radius 1 is 1.47 bits per heavy atom. The molecule has 0 aromatic heterocycles. The first-order chi connectivity index (χ1) is 7.74. The average Bonchev–Trinajstić information content (AvgIpc) is 2.64. The summed E-state index contributed by atoms with van der Waals surface area (Å²) in [7, 11) is 0. The van der Waals surface area contributed by atoms with E-state index in [1.807, 2.05) is 24.3 Å². The summed E-state index contributed by atoms with van der Waals surface area (Å²) in [5.74, 6) is 0.830. The van der Waals surface area contributed by atoms with E-state index in [2.05, 4.69) is 4.90 Å². The molecule has 0 bridgehead atoms. The van der Waals surface area contributed by atoms with E-state index in [4.69, 9.17) is 22.1 Å². The van der Waals surface area contributed by atoms with Crippen molar-refractivity contribution in [1.82, 2.24) is 4.90 Å². The van der Waals surface area contributed by atoms with Gasteiger partial charge in [0.25, 0.3) is 0 Å². The Kier molecular flexibility index (Phi) is 6.06. The van der Waals surface area contributed by atoms with Gasteiger partial charge in [-0.2, -0.15) is 0 Å². The molecule has 0 spiro atoms. The number of ether oxygens (including phenoxy) is 1. The molecule has 1 aromatic rings. The lowest BCUT2D eigenvalue weighted by atomic mass is 10.3. The molecule has 0 unspecified atom stereocenters. The molecule has 1 aliphatic rings. The monoisotopic (exact) mass is 276 g/mol. The van der Waals surface area contributed by atoms with Gasteiger partial charge in [0.05, 0.1) is 0 Å². The Hall–Kier alpha value is -0.480. The third-order valence-corrected chi connectivity index (χ3v) is 3.02. The third-order valence-electron chi connectivity index (χ3n) is 2.78. The van der Waals surface area contributed by atoms with Crippen LogP contribution in [0.5, 0.6) is 5.75 Å². The van der Waals surface area contributed by atoms with Crippen molar-refractivity contribution in [2.45, 2.75) is 12.5 Å². The normalized spacial score (nSPS) is 20.0. The molecular formula is C12H18Cl2N2O. The molecule has 5 heteroatoms. The number of benzene rings is 1. The maximum atomic E-state index is 5.86. The Balaban J connectivity index is 0.00000144. The van der Waals surface area contributed by atoms with E-state index in [0.717, 1.165) is 31.8 Å². The van der Waals surface area contributed by atoms with Crippen LogP contribution in [0.25, 0.3) is 0 Å². The topological polar surface area (TPSA) is 38.5 Å². The molecule has 0 radical (unpaired) electrons. The van der Waals surface area contributed by atoms with Gasteiger partial charge in [0, 0.05) is 24.2 Å². The molecule has 1 saturated heterocycles. The van der Waals surface area contributed by atoms with Gasteiger partial charge >= 0.3 is 0 Å². The summed E-state index contributed by atoms with van der Waals surface area (Å²) in [6.45, 7) is 3.69. The van der Waals surface area contributed by atoms with Crippen LogP contribution in [0, 0.1) is 0 Å². The molecule has 0 aliphatic carbocycles. The van der Waals surface area contributed by atoms with Crippen molar-refractivity contribution in [1.29, 1.82) is 0 Å². The van der Waals surface area contributed by atoms with Gasteiger partial charge in [-0.05, 0) is 31.2 Å². The summed E-state index contributed by atoms with van der Waals surface area (Å²) in [4.78, 5) is 2.33. The number of nitrogens with two attached hydrogens (primary N) is 1. The van der Waals surface area contributed by atoms with Gasteiger partial charge in [0.1, 0.15) is 12.4 Å². The van der Waals surface area contributed by atoms with Crippen LogP contribution in [0.2, 0.25) is 5.02 Å². The zero-order valence-electron chi connectivity index (χ0n) is 9.64. The van der Waals surface area contributed by atoms with Crippen molar-refractivity contribution < 1.29 is 4.74 Å². The number of hydrogen-bond donors (Lipinski definition) is 1. The number of rotatable bonds is 4. The van der Waals surface area contributed by atoms with E-state index in [0.29, 0.717) is 17.7 Å².